The van der Waals surface area contributed by atoms with Crippen LogP contribution in [0.1, 0.15) is 15.9 Å². The van der Waals surface area contributed by atoms with Gasteiger partial charge in [-0.2, -0.15) is 0 Å². The maximum atomic E-state index is 13.5. The molecule has 33 heavy (non-hydrogen) atoms. The molecule has 5 nitrogen and oxygen atoms in total. The SMILES string of the molecule is COc1ccc(C(=O)Nc2cccnc2)c2c3cc(Cl)ccc3n(Cc3ccc(F)cc3)c12. The molecule has 164 valence electrons. The van der Waals surface area contributed by atoms with Crippen molar-refractivity contribution >= 4 is 45.0 Å². The van der Waals surface area contributed by atoms with Gasteiger partial charge in [0.25, 0.3) is 5.91 Å². The highest BCUT2D eigenvalue weighted by atomic mass is 35.5. The van der Waals surface area contributed by atoms with Gasteiger partial charge in [-0.3, -0.25) is 9.78 Å². The van der Waals surface area contributed by atoms with Crippen LogP contribution in [0.5, 0.6) is 5.75 Å². The molecule has 0 aliphatic carbocycles. The minimum Gasteiger partial charge on any atom is -0.495 e. The summed E-state index contributed by atoms with van der Waals surface area (Å²) in [5.74, 6) is 0.0634. The number of hydrogen-bond acceptors (Lipinski definition) is 3. The molecule has 0 bridgehead atoms. The smallest absolute Gasteiger partial charge is 0.256 e. The Morgan fingerprint density at radius 2 is 1.94 bits per heavy atom. The number of carbonyl (C=O) groups is 1. The van der Waals surface area contributed by atoms with Gasteiger partial charge in [-0.25, -0.2) is 4.39 Å². The van der Waals surface area contributed by atoms with Crippen LogP contribution in [-0.2, 0) is 6.54 Å². The van der Waals surface area contributed by atoms with Crippen molar-refractivity contribution in [3.8, 4) is 5.75 Å². The van der Waals surface area contributed by atoms with Gasteiger partial charge in [-0.05, 0) is 60.2 Å². The first-order valence-electron chi connectivity index (χ1n) is 10.3. The summed E-state index contributed by atoms with van der Waals surface area (Å²) in [4.78, 5) is 17.4. The van der Waals surface area contributed by atoms with E-state index in [1.807, 2.05) is 18.2 Å². The van der Waals surface area contributed by atoms with Crippen molar-refractivity contribution in [2.45, 2.75) is 6.54 Å². The Morgan fingerprint density at radius 3 is 2.67 bits per heavy atom. The minimum absolute atomic E-state index is 0.267. The van der Waals surface area contributed by atoms with Gasteiger partial charge < -0.3 is 14.6 Å². The Morgan fingerprint density at radius 1 is 1.12 bits per heavy atom. The Kier molecular flexibility index (Phi) is 5.44. The third kappa shape index (κ3) is 3.90. The molecule has 0 unspecified atom stereocenters. The van der Waals surface area contributed by atoms with Gasteiger partial charge in [0.05, 0.1) is 24.5 Å². The number of hydrogen-bond donors (Lipinski definition) is 1. The van der Waals surface area contributed by atoms with Gasteiger partial charge in [0.1, 0.15) is 11.6 Å². The van der Waals surface area contributed by atoms with E-state index < -0.39 is 0 Å². The number of aromatic nitrogens is 2. The molecular formula is C26H19ClFN3O2. The van der Waals surface area contributed by atoms with E-state index in [0.29, 0.717) is 28.6 Å². The summed E-state index contributed by atoms with van der Waals surface area (Å²) in [5.41, 5.74) is 3.65. The number of pyridine rings is 1. The molecule has 5 rings (SSSR count). The van der Waals surface area contributed by atoms with Gasteiger partial charge >= 0.3 is 0 Å². The fourth-order valence-corrected chi connectivity index (χ4v) is 4.27. The maximum Gasteiger partial charge on any atom is 0.256 e. The molecule has 0 fully saturated rings. The van der Waals surface area contributed by atoms with Gasteiger partial charge in [0.15, 0.2) is 0 Å². The van der Waals surface area contributed by atoms with Crippen molar-refractivity contribution in [1.29, 1.82) is 0 Å². The number of halogens is 2. The number of methoxy groups -OCH3 is 1. The van der Waals surface area contributed by atoms with Crippen molar-refractivity contribution < 1.29 is 13.9 Å². The van der Waals surface area contributed by atoms with Gasteiger partial charge in [-0.15, -0.1) is 0 Å². The van der Waals surface area contributed by atoms with Crippen molar-refractivity contribution in [2.24, 2.45) is 0 Å². The lowest BCUT2D eigenvalue weighted by molar-refractivity contribution is 0.102. The van der Waals surface area contributed by atoms with Crippen molar-refractivity contribution in [3.05, 3.63) is 101 Å². The largest absolute Gasteiger partial charge is 0.495 e. The first-order valence-corrected chi connectivity index (χ1v) is 10.7. The predicted molar refractivity (Wildman–Crippen MR) is 129 cm³/mol. The monoisotopic (exact) mass is 459 g/mol. The molecule has 2 aromatic heterocycles. The van der Waals surface area contributed by atoms with E-state index in [1.165, 1.54) is 12.1 Å². The van der Waals surface area contributed by atoms with Gasteiger partial charge in [-0.1, -0.05) is 23.7 Å². The predicted octanol–water partition coefficient (Wildman–Crippen LogP) is 6.29. The van der Waals surface area contributed by atoms with E-state index in [1.54, 1.807) is 55.9 Å². The van der Waals surface area contributed by atoms with E-state index in [0.717, 1.165) is 27.4 Å². The lowest BCUT2D eigenvalue weighted by Gasteiger charge is -2.12. The minimum atomic E-state index is -0.292. The molecule has 0 saturated carbocycles. The highest BCUT2D eigenvalue weighted by molar-refractivity contribution is 6.32. The highest BCUT2D eigenvalue weighted by Gasteiger charge is 2.22. The number of carbonyl (C=O) groups excluding carboxylic acids is 1. The molecule has 0 atom stereocenters. The average molecular weight is 460 g/mol. The molecular weight excluding hydrogens is 441 g/mol. The van der Waals surface area contributed by atoms with Crippen molar-refractivity contribution in [2.75, 3.05) is 12.4 Å². The Bertz CT molecular complexity index is 1480. The molecule has 5 aromatic rings. The quantitative estimate of drug-likeness (QED) is 0.336. The Labute approximate surface area is 194 Å². The number of benzene rings is 3. The van der Waals surface area contributed by atoms with Crippen LogP contribution in [0.2, 0.25) is 5.02 Å². The molecule has 0 radical (unpaired) electrons. The average Bonchev–Trinajstić information content (AvgIpc) is 3.14. The first-order chi connectivity index (χ1) is 16.0. The van der Waals surface area contributed by atoms with Crippen LogP contribution >= 0.6 is 11.6 Å². The molecule has 3 aromatic carbocycles. The van der Waals surface area contributed by atoms with E-state index in [9.17, 15) is 9.18 Å². The van der Waals surface area contributed by atoms with Gasteiger partial charge in [0.2, 0.25) is 0 Å². The van der Waals surface area contributed by atoms with Crippen LogP contribution in [-0.4, -0.2) is 22.6 Å². The molecule has 1 N–H and O–H groups in total. The number of ether oxygens (including phenoxy) is 1. The zero-order chi connectivity index (χ0) is 22.9. The second-order valence-corrected chi connectivity index (χ2v) is 8.05. The summed E-state index contributed by atoms with van der Waals surface area (Å²) in [7, 11) is 1.59. The number of nitrogens with one attached hydrogen (secondary N) is 1. The van der Waals surface area contributed by atoms with E-state index in [-0.39, 0.29) is 11.7 Å². The van der Waals surface area contributed by atoms with Crippen LogP contribution in [0, 0.1) is 5.82 Å². The van der Waals surface area contributed by atoms with Crippen LogP contribution < -0.4 is 10.1 Å². The van der Waals surface area contributed by atoms with E-state index >= 15 is 0 Å². The zero-order valence-electron chi connectivity index (χ0n) is 17.7. The molecule has 2 heterocycles. The summed E-state index contributed by atoms with van der Waals surface area (Å²) in [5, 5.41) is 5.03. The summed E-state index contributed by atoms with van der Waals surface area (Å²) in [6.07, 6.45) is 3.24. The van der Waals surface area contributed by atoms with Crippen LogP contribution in [0.3, 0.4) is 0 Å². The van der Waals surface area contributed by atoms with Crippen molar-refractivity contribution in [1.82, 2.24) is 9.55 Å². The molecule has 7 heteroatoms. The molecule has 0 saturated heterocycles. The standard InChI is InChI=1S/C26H19ClFN3O2/c1-33-23-11-9-20(26(32)30-19-3-2-12-29-14-19)24-21-13-17(27)6-10-22(21)31(25(23)24)15-16-4-7-18(28)8-5-16/h2-14H,15H2,1H3,(H,30,32). The first kappa shape index (κ1) is 21.0. The number of fused-ring (bicyclic) bond motifs is 3. The number of rotatable bonds is 5. The van der Waals surface area contributed by atoms with Crippen LogP contribution in [0.25, 0.3) is 21.8 Å². The van der Waals surface area contributed by atoms with Crippen LogP contribution in [0.15, 0.2) is 79.1 Å². The lowest BCUT2D eigenvalue weighted by Crippen LogP contribution is -2.12. The normalized spacial score (nSPS) is 11.1. The zero-order valence-corrected chi connectivity index (χ0v) is 18.4. The highest BCUT2D eigenvalue weighted by Crippen LogP contribution is 2.39. The second kappa shape index (κ2) is 8.56. The number of nitrogens with zero attached hydrogens (tertiary/aromatic N) is 2. The summed E-state index contributed by atoms with van der Waals surface area (Å²) in [6, 6.07) is 19.0. The maximum absolute atomic E-state index is 13.5. The Hall–Kier alpha value is -3.90. The molecule has 0 spiro atoms. The molecule has 1 amide bonds. The molecule has 0 aliphatic heterocycles. The fraction of sp³-hybridized carbons (Fsp3) is 0.0769. The molecule has 0 aliphatic rings. The van der Waals surface area contributed by atoms with E-state index in [4.69, 9.17) is 16.3 Å². The van der Waals surface area contributed by atoms with E-state index in [2.05, 4.69) is 14.9 Å². The summed E-state index contributed by atoms with van der Waals surface area (Å²) < 4.78 is 21.2. The van der Waals surface area contributed by atoms with Gasteiger partial charge in [0, 0.05) is 39.6 Å². The fourth-order valence-electron chi connectivity index (χ4n) is 4.10. The summed E-state index contributed by atoms with van der Waals surface area (Å²) in [6.45, 7) is 0.464. The third-order valence-electron chi connectivity index (χ3n) is 5.57. The van der Waals surface area contributed by atoms with Crippen molar-refractivity contribution in [3.63, 3.8) is 0 Å². The topological polar surface area (TPSA) is 56.1 Å². The Balaban J connectivity index is 1.75. The lowest BCUT2D eigenvalue weighted by atomic mass is 10.0. The van der Waals surface area contributed by atoms with Crippen LogP contribution in [0.4, 0.5) is 10.1 Å². The number of amides is 1. The number of anilines is 1. The summed E-state index contributed by atoms with van der Waals surface area (Å²) >= 11 is 6.35. The third-order valence-corrected chi connectivity index (χ3v) is 5.80. The second-order valence-electron chi connectivity index (χ2n) is 7.61.